The Bertz CT molecular complexity index is 234. The Balaban J connectivity index is 3.87. The highest BCUT2D eigenvalue weighted by Gasteiger charge is 2.06. The predicted octanol–water partition coefficient (Wildman–Crippen LogP) is 0.684. The Kier molecular flexibility index (Phi) is 7.27. The lowest BCUT2D eigenvalue weighted by Gasteiger charge is -2.09. The molecule has 86 valence electrons. The molecule has 0 amide bonds. The van der Waals surface area contributed by atoms with Gasteiger partial charge in [-0.3, -0.25) is 0 Å². The summed E-state index contributed by atoms with van der Waals surface area (Å²) in [5.41, 5.74) is 0. The lowest BCUT2D eigenvalue weighted by atomic mass is 10.4. The van der Waals surface area contributed by atoms with Crippen LogP contribution in [-0.4, -0.2) is 38.4 Å². The highest BCUT2D eigenvalue weighted by molar-refractivity contribution is 5.91. The SMILES string of the molecule is CCOC(=O)/C=C/C(=O)OC(C)COC. The maximum atomic E-state index is 11.1. The number of carbonyl (C=O) groups excluding carboxylic acids is 2. The summed E-state index contributed by atoms with van der Waals surface area (Å²) in [5.74, 6) is -1.15. The number of rotatable bonds is 6. The molecular formula is C10H16O5. The lowest BCUT2D eigenvalue weighted by molar-refractivity contribution is -0.145. The first kappa shape index (κ1) is 13.6. The van der Waals surface area contributed by atoms with E-state index in [1.165, 1.54) is 7.11 Å². The summed E-state index contributed by atoms with van der Waals surface area (Å²) < 4.78 is 14.2. The van der Waals surface area contributed by atoms with Gasteiger partial charge in [0.05, 0.1) is 13.2 Å². The van der Waals surface area contributed by atoms with E-state index in [9.17, 15) is 9.59 Å². The van der Waals surface area contributed by atoms with E-state index in [1.807, 2.05) is 0 Å². The normalized spacial score (nSPS) is 12.5. The molecule has 0 bridgehead atoms. The summed E-state index contributed by atoms with van der Waals surface area (Å²) in [7, 11) is 1.51. The van der Waals surface area contributed by atoms with Crippen LogP contribution in [0.3, 0.4) is 0 Å². The molecule has 0 aromatic heterocycles. The molecule has 5 nitrogen and oxygen atoms in total. The molecule has 1 atom stereocenters. The van der Waals surface area contributed by atoms with Crippen LogP contribution in [0, 0.1) is 0 Å². The molecule has 0 aliphatic rings. The number of ether oxygens (including phenoxy) is 3. The highest BCUT2D eigenvalue weighted by Crippen LogP contribution is 1.93. The van der Waals surface area contributed by atoms with Crippen molar-refractivity contribution in [1.29, 1.82) is 0 Å². The van der Waals surface area contributed by atoms with E-state index >= 15 is 0 Å². The molecule has 1 unspecified atom stereocenters. The third-order valence-electron chi connectivity index (χ3n) is 1.36. The zero-order valence-corrected chi connectivity index (χ0v) is 9.19. The maximum absolute atomic E-state index is 11.1. The van der Waals surface area contributed by atoms with E-state index in [4.69, 9.17) is 9.47 Å². The van der Waals surface area contributed by atoms with Gasteiger partial charge in [-0.25, -0.2) is 9.59 Å². The summed E-state index contributed by atoms with van der Waals surface area (Å²) in [6.07, 6.45) is 1.73. The predicted molar refractivity (Wildman–Crippen MR) is 53.2 cm³/mol. The van der Waals surface area contributed by atoms with E-state index < -0.39 is 11.9 Å². The Morgan fingerprint density at radius 3 is 2.40 bits per heavy atom. The van der Waals surface area contributed by atoms with E-state index in [-0.39, 0.29) is 12.7 Å². The second kappa shape index (κ2) is 7.99. The monoisotopic (exact) mass is 216 g/mol. The van der Waals surface area contributed by atoms with Crippen LogP contribution in [0.4, 0.5) is 0 Å². The minimum absolute atomic E-state index is 0.276. The van der Waals surface area contributed by atoms with Gasteiger partial charge in [-0.2, -0.15) is 0 Å². The largest absolute Gasteiger partial charge is 0.463 e. The van der Waals surface area contributed by atoms with Crippen LogP contribution in [0.5, 0.6) is 0 Å². The molecule has 0 saturated carbocycles. The fourth-order valence-corrected chi connectivity index (χ4v) is 0.833. The lowest BCUT2D eigenvalue weighted by Crippen LogP contribution is -2.18. The standard InChI is InChI=1S/C10H16O5/c1-4-14-9(11)5-6-10(12)15-8(2)7-13-3/h5-6,8H,4,7H2,1-3H3/b6-5+. The van der Waals surface area contributed by atoms with Gasteiger partial charge in [0.1, 0.15) is 6.10 Å². The maximum Gasteiger partial charge on any atom is 0.331 e. The molecule has 0 radical (unpaired) electrons. The van der Waals surface area contributed by atoms with Gasteiger partial charge in [0.2, 0.25) is 0 Å². The molecule has 0 saturated heterocycles. The second-order valence-electron chi connectivity index (χ2n) is 2.79. The Hall–Kier alpha value is -1.36. The summed E-state index contributed by atoms with van der Waals surface area (Å²) >= 11 is 0. The Morgan fingerprint density at radius 2 is 1.87 bits per heavy atom. The summed E-state index contributed by atoms with van der Waals surface area (Å²) in [6.45, 7) is 3.97. The molecular weight excluding hydrogens is 200 g/mol. The van der Waals surface area contributed by atoms with Crippen LogP contribution in [-0.2, 0) is 23.8 Å². The molecule has 0 rings (SSSR count). The smallest absolute Gasteiger partial charge is 0.331 e. The zero-order chi connectivity index (χ0) is 11.7. The first-order valence-electron chi connectivity index (χ1n) is 4.64. The number of esters is 2. The van der Waals surface area contributed by atoms with Gasteiger partial charge in [0, 0.05) is 19.3 Å². The van der Waals surface area contributed by atoms with Gasteiger partial charge in [0.25, 0.3) is 0 Å². The molecule has 0 fully saturated rings. The van der Waals surface area contributed by atoms with Crippen molar-refractivity contribution >= 4 is 11.9 Å². The van der Waals surface area contributed by atoms with Gasteiger partial charge < -0.3 is 14.2 Å². The average molecular weight is 216 g/mol. The summed E-state index contributed by atoms with van der Waals surface area (Å²) in [5, 5.41) is 0. The van der Waals surface area contributed by atoms with E-state index in [2.05, 4.69) is 4.74 Å². The number of methoxy groups -OCH3 is 1. The molecule has 0 spiro atoms. The fraction of sp³-hybridized carbons (Fsp3) is 0.600. The third kappa shape index (κ3) is 7.69. The van der Waals surface area contributed by atoms with Gasteiger partial charge in [-0.1, -0.05) is 0 Å². The van der Waals surface area contributed by atoms with Crippen LogP contribution < -0.4 is 0 Å². The number of hydrogen-bond donors (Lipinski definition) is 0. The molecule has 0 heterocycles. The van der Waals surface area contributed by atoms with Gasteiger partial charge >= 0.3 is 11.9 Å². The second-order valence-corrected chi connectivity index (χ2v) is 2.79. The van der Waals surface area contributed by atoms with E-state index in [0.717, 1.165) is 12.2 Å². The topological polar surface area (TPSA) is 61.8 Å². The van der Waals surface area contributed by atoms with Crippen LogP contribution >= 0.6 is 0 Å². The van der Waals surface area contributed by atoms with Crippen molar-refractivity contribution < 1.29 is 23.8 Å². The summed E-state index contributed by atoms with van der Waals surface area (Å²) in [4.78, 5) is 21.9. The molecule has 5 heteroatoms. The van der Waals surface area contributed by atoms with Crippen molar-refractivity contribution in [2.24, 2.45) is 0 Å². The Labute approximate surface area is 89.0 Å². The van der Waals surface area contributed by atoms with Crippen LogP contribution in [0.15, 0.2) is 12.2 Å². The molecule has 0 aromatic rings. The van der Waals surface area contributed by atoms with Crippen LogP contribution in [0.25, 0.3) is 0 Å². The quantitative estimate of drug-likeness (QED) is 0.482. The number of hydrogen-bond acceptors (Lipinski definition) is 5. The van der Waals surface area contributed by atoms with Crippen molar-refractivity contribution in [3.63, 3.8) is 0 Å². The van der Waals surface area contributed by atoms with E-state index in [0.29, 0.717) is 6.61 Å². The van der Waals surface area contributed by atoms with Crippen molar-refractivity contribution in [2.75, 3.05) is 20.3 Å². The highest BCUT2D eigenvalue weighted by atomic mass is 16.6. The van der Waals surface area contributed by atoms with Crippen molar-refractivity contribution in [3.8, 4) is 0 Å². The van der Waals surface area contributed by atoms with Gasteiger partial charge in [0.15, 0.2) is 0 Å². The average Bonchev–Trinajstić information content (AvgIpc) is 2.15. The first-order valence-corrected chi connectivity index (χ1v) is 4.64. The number of carbonyl (C=O) groups is 2. The van der Waals surface area contributed by atoms with Crippen LogP contribution in [0.2, 0.25) is 0 Å². The van der Waals surface area contributed by atoms with Crippen LogP contribution in [0.1, 0.15) is 13.8 Å². The van der Waals surface area contributed by atoms with Gasteiger partial charge in [-0.15, -0.1) is 0 Å². The third-order valence-corrected chi connectivity index (χ3v) is 1.36. The minimum atomic E-state index is -0.590. The molecule has 0 N–H and O–H groups in total. The van der Waals surface area contributed by atoms with Crippen molar-refractivity contribution in [2.45, 2.75) is 20.0 Å². The zero-order valence-electron chi connectivity index (χ0n) is 9.19. The Morgan fingerprint density at radius 1 is 1.27 bits per heavy atom. The van der Waals surface area contributed by atoms with Crippen molar-refractivity contribution in [3.05, 3.63) is 12.2 Å². The van der Waals surface area contributed by atoms with E-state index in [1.54, 1.807) is 13.8 Å². The molecule has 0 aliphatic heterocycles. The first-order chi connectivity index (χ1) is 7.10. The minimum Gasteiger partial charge on any atom is -0.463 e. The molecule has 15 heavy (non-hydrogen) atoms. The molecule has 0 aromatic carbocycles. The van der Waals surface area contributed by atoms with Crippen molar-refractivity contribution in [1.82, 2.24) is 0 Å². The molecule has 0 aliphatic carbocycles. The summed E-state index contributed by atoms with van der Waals surface area (Å²) in [6, 6.07) is 0. The fourth-order valence-electron chi connectivity index (χ4n) is 0.833. The van der Waals surface area contributed by atoms with Gasteiger partial charge in [-0.05, 0) is 13.8 Å².